The average molecular weight is 336 g/mol. The summed E-state index contributed by atoms with van der Waals surface area (Å²) in [5.74, 6) is -0.156. The fourth-order valence-electron chi connectivity index (χ4n) is 2.88. The van der Waals surface area contributed by atoms with E-state index in [0.717, 1.165) is 17.9 Å². The molecule has 24 heavy (non-hydrogen) atoms. The Morgan fingerprint density at radius 2 is 2.04 bits per heavy atom. The van der Waals surface area contributed by atoms with E-state index in [4.69, 9.17) is 4.74 Å². The summed E-state index contributed by atoms with van der Waals surface area (Å²) in [5.41, 5.74) is 1.64. The molecule has 2 unspecified atom stereocenters. The van der Waals surface area contributed by atoms with Crippen molar-refractivity contribution in [3.05, 3.63) is 24.3 Å². The predicted molar refractivity (Wildman–Crippen MR) is 87.9 cm³/mol. The summed E-state index contributed by atoms with van der Waals surface area (Å²) in [6.07, 6.45) is -1.81. The summed E-state index contributed by atoms with van der Waals surface area (Å²) in [6.45, 7) is 3.76. The van der Waals surface area contributed by atoms with E-state index in [1.807, 2.05) is 29.2 Å². The molecule has 0 radical (unpaired) electrons. The average Bonchev–Trinajstić information content (AvgIpc) is 2.94. The van der Waals surface area contributed by atoms with Gasteiger partial charge in [0.15, 0.2) is 6.30 Å². The third-order valence-electron chi connectivity index (χ3n) is 4.11. The number of halogens is 1. The SMILES string of the molecule is CC(=O)NCC1CN(c2ccc(N3CCNC(F)C3)cc2)C(=O)O1. The second-order valence-electron chi connectivity index (χ2n) is 5.94. The first-order valence-electron chi connectivity index (χ1n) is 7.98. The molecule has 2 saturated heterocycles. The van der Waals surface area contributed by atoms with Gasteiger partial charge in [0.1, 0.15) is 6.10 Å². The normalized spacial score (nSPS) is 24.0. The lowest BCUT2D eigenvalue weighted by Crippen LogP contribution is -2.48. The van der Waals surface area contributed by atoms with Gasteiger partial charge in [0.25, 0.3) is 0 Å². The van der Waals surface area contributed by atoms with Crippen molar-refractivity contribution in [2.24, 2.45) is 0 Å². The molecule has 8 heteroatoms. The first kappa shape index (κ1) is 16.5. The number of benzene rings is 1. The number of anilines is 2. The van der Waals surface area contributed by atoms with Crippen LogP contribution in [0.5, 0.6) is 0 Å². The van der Waals surface area contributed by atoms with Crippen molar-refractivity contribution < 1.29 is 18.7 Å². The molecule has 130 valence electrons. The summed E-state index contributed by atoms with van der Waals surface area (Å²) in [7, 11) is 0. The molecule has 0 spiro atoms. The van der Waals surface area contributed by atoms with Gasteiger partial charge in [-0.25, -0.2) is 9.18 Å². The highest BCUT2D eigenvalue weighted by molar-refractivity contribution is 5.90. The number of nitrogens with zero attached hydrogens (tertiary/aromatic N) is 2. The van der Waals surface area contributed by atoms with Crippen molar-refractivity contribution >= 4 is 23.4 Å². The van der Waals surface area contributed by atoms with Gasteiger partial charge in [-0.1, -0.05) is 0 Å². The zero-order chi connectivity index (χ0) is 17.1. The molecule has 0 bridgehead atoms. The summed E-state index contributed by atoms with van der Waals surface area (Å²) >= 11 is 0. The Hall–Kier alpha value is -2.35. The van der Waals surface area contributed by atoms with Crippen molar-refractivity contribution in [2.75, 3.05) is 42.5 Å². The molecule has 1 aromatic carbocycles. The highest BCUT2D eigenvalue weighted by atomic mass is 19.1. The smallest absolute Gasteiger partial charge is 0.414 e. The fourth-order valence-corrected chi connectivity index (χ4v) is 2.88. The van der Waals surface area contributed by atoms with Gasteiger partial charge in [0.05, 0.1) is 19.6 Å². The highest BCUT2D eigenvalue weighted by Gasteiger charge is 2.32. The van der Waals surface area contributed by atoms with Crippen molar-refractivity contribution in [1.29, 1.82) is 0 Å². The Kier molecular flexibility index (Phi) is 4.84. The monoisotopic (exact) mass is 336 g/mol. The van der Waals surface area contributed by atoms with Crippen LogP contribution < -0.4 is 20.4 Å². The molecule has 2 fully saturated rings. The minimum Gasteiger partial charge on any atom is -0.442 e. The van der Waals surface area contributed by atoms with Gasteiger partial charge in [-0.2, -0.15) is 0 Å². The molecule has 0 aromatic heterocycles. The van der Waals surface area contributed by atoms with E-state index in [0.29, 0.717) is 26.2 Å². The maximum Gasteiger partial charge on any atom is 0.414 e. The topological polar surface area (TPSA) is 73.9 Å². The quantitative estimate of drug-likeness (QED) is 0.798. The number of carbonyl (C=O) groups is 2. The maximum absolute atomic E-state index is 13.4. The molecule has 0 aliphatic carbocycles. The van der Waals surface area contributed by atoms with E-state index >= 15 is 0 Å². The minimum absolute atomic E-state index is 0.156. The van der Waals surface area contributed by atoms with E-state index in [-0.39, 0.29) is 12.0 Å². The van der Waals surface area contributed by atoms with Gasteiger partial charge < -0.3 is 15.0 Å². The van der Waals surface area contributed by atoms with Gasteiger partial charge >= 0.3 is 6.09 Å². The minimum atomic E-state index is -1.03. The predicted octanol–water partition coefficient (Wildman–Crippen LogP) is 0.853. The molecule has 2 atom stereocenters. The number of piperazine rings is 1. The van der Waals surface area contributed by atoms with Crippen LogP contribution in [-0.4, -0.2) is 57.1 Å². The molecule has 2 aliphatic heterocycles. The number of hydrogen-bond donors (Lipinski definition) is 2. The van der Waals surface area contributed by atoms with E-state index < -0.39 is 12.4 Å². The maximum atomic E-state index is 13.4. The van der Waals surface area contributed by atoms with E-state index in [9.17, 15) is 14.0 Å². The number of ether oxygens (including phenoxy) is 1. The van der Waals surface area contributed by atoms with Crippen molar-refractivity contribution in [3.8, 4) is 0 Å². The number of rotatable bonds is 4. The van der Waals surface area contributed by atoms with E-state index in [1.54, 1.807) is 0 Å². The number of alkyl halides is 1. The van der Waals surface area contributed by atoms with Gasteiger partial charge in [-0.3, -0.25) is 15.0 Å². The van der Waals surface area contributed by atoms with Gasteiger partial charge in [-0.05, 0) is 24.3 Å². The first-order valence-corrected chi connectivity index (χ1v) is 7.98. The molecule has 3 rings (SSSR count). The summed E-state index contributed by atoms with van der Waals surface area (Å²) < 4.78 is 18.7. The van der Waals surface area contributed by atoms with Crippen molar-refractivity contribution in [2.45, 2.75) is 19.3 Å². The third kappa shape index (κ3) is 3.76. The number of cyclic esters (lactones) is 1. The second kappa shape index (κ2) is 7.04. The lowest BCUT2D eigenvalue weighted by molar-refractivity contribution is -0.119. The molecular weight excluding hydrogens is 315 g/mol. The summed E-state index contributed by atoms with van der Waals surface area (Å²) in [4.78, 5) is 26.4. The van der Waals surface area contributed by atoms with Crippen LogP contribution in [0.2, 0.25) is 0 Å². The molecule has 7 nitrogen and oxygen atoms in total. The Labute approximate surface area is 139 Å². The summed E-state index contributed by atoms with van der Waals surface area (Å²) in [6, 6.07) is 7.41. The number of hydrogen-bond acceptors (Lipinski definition) is 5. The largest absolute Gasteiger partial charge is 0.442 e. The number of nitrogens with one attached hydrogen (secondary N) is 2. The van der Waals surface area contributed by atoms with Crippen LogP contribution in [0.3, 0.4) is 0 Å². The molecule has 2 N–H and O–H groups in total. The van der Waals surface area contributed by atoms with Gasteiger partial charge in [0, 0.05) is 31.4 Å². The summed E-state index contributed by atoms with van der Waals surface area (Å²) in [5, 5.41) is 5.41. The standard InChI is InChI=1S/C16H21FN4O3/c1-11(22)19-8-14-9-21(16(23)24-14)13-4-2-12(3-5-13)20-7-6-18-15(17)10-20/h2-5,14-15,18H,6-10H2,1H3,(H,19,22). The van der Waals surface area contributed by atoms with Crippen LogP contribution >= 0.6 is 0 Å². The fraction of sp³-hybridized carbons (Fsp3) is 0.500. The molecule has 2 amide bonds. The Morgan fingerprint density at radius 1 is 1.33 bits per heavy atom. The van der Waals surface area contributed by atoms with E-state index in [2.05, 4.69) is 10.6 Å². The Morgan fingerprint density at radius 3 is 2.71 bits per heavy atom. The molecule has 1 aromatic rings. The zero-order valence-corrected chi connectivity index (χ0v) is 13.5. The van der Waals surface area contributed by atoms with Crippen molar-refractivity contribution in [1.82, 2.24) is 10.6 Å². The molecule has 2 aliphatic rings. The van der Waals surface area contributed by atoms with Gasteiger partial charge in [-0.15, -0.1) is 0 Å². The van der Waals surface area contributed by atoms with Gasteiger partial charge in [0.2, 0.25) is 5.91 Å². The zero-order valence-electron chi connectivity index (χ0n) is 13.5. The van der Waals surface area contributed by atoms with Crippen LogP contribution in [0.15, 0.2) is 24.3 Å². The number of carbonyl (C=O) groups excluding carboxylic acids is 2. The van der Waals surface area contributed by atoms with Crippen LogP contribution in [0.4, 0.5) is 20.6 Å². The first-order chi connectivity index (χ1) is 11.5. The lowest BCUT2D eigenvalue weighted by Gasteiger charge is -2.31. The van der Waals surface area contributed by atoms with Crippen LogP contribution in [0.25, 0.3) is 0 Å². The molecule has 2 heterocycles. The van der Waals surface area contributed by atoms with Crippen LogP contribution in [0, 0.1) is 0 Å². The van der Waals surface area contributed by atoms with Crippen molar-refractivity contribution in [3.63, 3.8) is 0 Å². The molecular formula is C16H21FN4O3. The third-order valence-corrected chi connectivity index (χ3v) is 4.11. The van der Waals surface area contributed by atoms with Crippen LogP contribution in [-0.2, 0) is 9.53 Å². The Balaban J connectivity index is 1.63. The second-order valence-corrected chi connectivity index (χ2v) is 5.94. The lowest BCUT2D eigenvalue weighted by atomic mass is 10.2. The van der Waals surface area contributed by atoms with Crippen LogP contribution in [0.1, 0.15) is 6.92 Å². The molecule has 0 saturated carbocycles. The highest BCUT2D eigenvalue weighted by Crippen LogP contribution is 2.25. The Bertz CT molecular complexity index is 610. The number of amides is 2. The van der Waals surface area contributed by atoms with E-state index in [1.165, 1.54) is 11.8 Å².